The summed E-state index contributed by atoms with van der Waals surface area (Å²) in [6.45, 7) is 2.76. The van der Waals surface area contributed by atoms with Gasteiger partial charge in [0.15, 0.2) is 0 Å². The van der Waals surface area contributed by atoms with Crippen molar-refractivity contribution in [2.24, 2.45) is 0 Å². The van der Waals surface area contributed by atoms with Gasteiger partial charge < -0.3 is 5.32 Å². The van der Waals surface area contributed by atoms with Crippen molar-refractivity contribution in [3.8, 4) is 0 Å². The molecule has 1 N–H and O–H groups in total. The highest BCUT2D eigenvalue weighted by Gasteiger charge is 2.03. The van der Waals surface area contributed by atoms with E-state index in [0.717, 1.165) is 35.8 Å². The number of carbonyl (C=O) groups excluding carboxylic acids is 1. The number of nitrogens with one attached hydrogen (secondary N) is 1. The zero-order chi connectivity index (χ0) is 11.8. The molecule has 88 valence electrons. The molecule has 3 heteroatoms. The predicted octanol–water partition coefficient (Wildman–Crippen LogP) is 3.29. The molecule has 0 atom stereocenters. The maximum atomic E-state index is 11.7. The molecular formula is C13H18BrNO. The first kappa shape index (κ1) is 13.2. The van der Waals surface area contributed by atoms with Crippen molar-refractivity contribution in [1.82, 2.24) is 5.32 Å². The molecule has 2 nitrogen and oxygen atoms in total. The molecule has 0 aromatic heterocycles. The lowest BCUT2D eigenvalue weighted by atomic mass is 10.1. The second kappa shape index (κ2) is 7.44. The Hall–Kier alpha value is -0.830. The standard InChI is InChI=1S/C13H18BrNO/c1-11-6-5-7-12(10-11)13(16)15-9-4-2-3-8-14/h5-7,10H,2-4,8-9H2,1H3,(H,15,16). The number of alkyl halides is 1. The maximum Gasteiger partial charge on any atom is 0.251 e. The minimum absolute atomic E-state index is 0.0301. The molecule has 0 saturated carbocycles. The molecule has 0 aliphatic carbocycles. The first-order valence-corrected chi connectivity index (χ1v) is 6.77. The average molecular weight is 284 g/mol. The van der Waals surface area contributed by atoms with Crippen molar-refractivity contribution in [1.29, 1.82) is 0 Å². The largest absolute Gasteiger partial charge is 0.352 e. The van der Waals surface area contributed by atoms with Gasteiger partial charge in [0, 0.05) is 17.4 Å². The number of hydrogen-bond donors (Lipinski definition) is 1. The predicted molar refractivity (Wildman–Crippen MR) is 71.2 cm³/mol. The lowest BCUT2D eigenvalue weighted by Crippen LogP contribution is -2.24. The van der Waals surface area contributed by atoms with Gasteiger partial charge in [-0.3, -0.25) is 4.79 Å². The highest BCUT2D eigenvalue weighted by atomic mass is 79.9. The third-order valence-corrected chi connectivity index (χ3v) is 2.94. The molecule has 16 heavy (non-hydrogen) atoms. The van der Waals surface area contributed by atoms with Crippen molar-refractivity contribution in [2.75, 3.05) is 11.9 Å². The molecule has 0 radical (unpaired) electrons. The highest BCUT2D eigenvalue weighted by molar-refractivity contribution is 9.09. The molecule has 0 aliphatic rings. The van der Waals surface area contributed by atoms with Crippen LogP contribution in [0.1, 0.15) is 35.2 Å². The second-order valence-corrected chi connectivity index (χ2v) is 4.67. The molecule has 0 saturated heterocycles. The number of unbranched alkanes of at least 4 members (excludes halogenated alkanes) is 2. The topological polar surface area (TPSA) is 29.1 Å². The van der Waals surface area contributed by atoms with E-state index in [1.54, 1.807) is 0 Å². The molecule has 0 heterocycles. The molecule has 1 amide bonds. The first-order chi connectivity index (χ1) is 7.74. The number of amides is 1. The van der Waals surface area contributed by atoms with Gasteiger partial charge in [-0.05, 0) is 31.9 Å². The van der Waals surface area contributed by atoms with Gasteiger partial charge in [-0.1, -0.05) is 40.0 Å². The van der Waals surface area contributed by atoms with Crippen molar-refractivity contribution >= 4 is 21.8 Å². The van der Waals surface area contributed by atoms with Crippen LogP contribution in [-0.4, -0.2) is 17.8 Å². The summed E-state index contributed by atoms with van der Waals surface area (Å²) < 4.78 is 0. The molecular weight excluding hydrogens is 266 g/mol. The van der Waals surface area contributed by atoms with Gasteiger partial charge in [0.2, 0.25) is 0 Å². The van der Waals surface area contributed by atoms with E-state index in [1.807, 2.05) is 31.2 Å². The molecule has 1 rings (SSSR count). The van der Waals surface area contributed by atoms with Gasteiger partial charge >= 0.3 is 0 Å². The summed E-state index contributed by atoms with van der Waals surface area (Å²) in [4.78, 5) is 11.7. The third-order valence-electron chi connectivity index (χ3n) is 2.38. The minimum Gasteiger partial charge on any atom is -0.352 e. The number of aryl methyl sites for hydroxylation is 1. The van der Waals surface area contributed by atoms with Gasteiger partial charge in [-0.25, -0.2) is 0 Å². The van der Waals surface area contributed by atoms with Gasteiger partial charge in [-0.15, -0.1) is 0 Å². The zero-order valence-electron chi connectivity index (χ0n) is 9.63. The average Bonchev–Trinajstić information content (AvgIpc) is 2.28. The zero-order valence-corrected chi connectivity index (χ0v) is 11.2. The molecule has 0 aliphatic heterocycles. The van der Waals surface area contributed by atoms with Crippen LogP contribution < -0.4 is 5.32 Å². The molecule has 1 aromatic rings. The number of benzene rings is 1. The molecule has 1 aromatic carbocycles. The van der Waals surface area contributed by atoms with Gasteiger partial charge in [0.25, 0.3) is 5.91 Å². The first-order valence-electron chi connectivity index (χ1n) is 5.65. The van der Waals surface area contributed by atoms with E-state index in [9.17, 15) is 4.79 Å². The van der Waals surface area contributed by atoms with Crippen molar-refractivity contribution in [3.05, 3.63) is 35.4 Å². The fourth-order valence-corrected chi connectivity index (χ4v) is 1.88. The van der Waals surface area contributed by atoms with Crippen molar-refractivity contribution < 1.29 is 4.79 Å². The van der Waals surface area contributed by atoms with Crippen LogP contribution in [0.2, 0.25) is 0 Å². The summed E-state index contributed by atoms with van der Waals surface area (Å²) in [5.41, 5.74) is 1.87. The van der Waals surface area contributed by atoms with Gasteiger partial charge in [0.05, 0.1) is 0 Å². The SMILES string of the molecule is Cc1cccc(C(=O)NCCCCCBr)c1. The van der Waals surface area contributed by atoms with Crippen LogP contribution >= 0.6 is 15.9 Å². The maximum absolute atomic E-state index is 11.7. The Labute approximate surface area is 106 Å². The van der Waals surface area contributed by atoms with E-state index in [1.165, 1.54) is 6.42 Å². The van der Waals surface area contributed by atoms with E-state index >= 15 is 0 Å². The summed E-state index contributed by atoms with van der Waals surface area (Å²) in [6.07, 6.45) is 3.36. The number of rotatable bonds is 6. The van der Waals surface area contributed by atoms with Gasteiger partial charge in [-0.2, -0.15) is 0 Å². The summed E-state index contributed by atoms with van der Waals surface area (Å²) >= 11 is 3.39. The lowest BCUT2D eigenvalue weighted by Gasteiger charge is -2.05. The van der Waals surface area contributed by atoms with E-state index in [2.05, 4.69) is 21.2 Å². The Morgan fingerprint density at radius 2 is 2.12 bits per heavy atom. The van der Waals surface area contributed by atoms with E-state index in [4.69, 9.17) is 0 Å². The Morgan fingerprint density at radius 1 is 1.31 bits per heavy atom. The van der Waals surface area contributed by atoms with E-state index in [0.29, 0.717) is 0 Å². The van der Waals surface area contributed by atoms with Crippen LogP contribution in [0.4, 0.5) is 0 Å². The van der Waals surface area contributed by atoms with Crippen LogP contribution in [-0.2, 0) is 0 Å². The summed E-state index contributed by atoms with van der Waals surface area (Å²) in [7, 11) is 0. The third kappa shape index (κ3) is 4.79. The highest BCUT2D eigenvalue weighted by Crippen LogP contribution is 2.04. The molecule has 0 unspecified atom stereocenters. The van der Waals surface area contributed by atoms with Crippen molar-refractivity contribution in [3.63, 3.8) is 0 Å². The minimum atomic E-state index is 0.0301. The Morgan fingerprint density at radius 3 is 2.81 bits per heavy atom. The lowest BCUT2D eigenvalue weighted by molar-refractivity contribution is 0.0953. The van der Waals surface area contributed by atoms with Crippen LogP contribution in [0, 0.1) is 6.92 Å². The number of hydrogen-bond acceptors (Lipinski definition) is 1. The normalized spacial score (nSPS) is 10.1. The quantitative estimate of drug-likeness (QED) is 0.630. The molecule has 0 bridgehead atoms. The Kier molecular flexibility index (Phi) is 6.16. The number of halogens is 1. The van der Waals surface area contributed by atoms with Crippen LogP contribution in [0.15, 0.2) is 24.3 Å². The fraction of sp³-hybridized carbons (Fsp3) is 0.462. The second-order valence-electron chi connectivity index (χ2n) is 3.88. The Balaban J connectivity index is 2.30. The smallest absolute Gasteiger partial charge is 0.251 e. The molecule has 0 spiro atoms. The van der Waals surface area contributed by atoms with Crippen molar-refractivity contribution in [2.45, 2.75) is 26.2 Å². The Bertz CT molecular complexity index is 338. The van der Waals surface area contributed by atoms with Crippen LogP contribution in [0.25, 0.3) is 0 Å². The fourth-order valence-electron chi connectivity index (χ4n) is 1.49. The van der Waals surface area contributed by atoms with Crippen LogP contribution in [0.3, 0.4) is 0 Å². The summed E-state index contributed by atoms with van der Waals surface area (Å²) in [5.74, 6) is 0.0301. The summed E-state index contributed by atoms with van der Waals surface area (Å²) in [5, 5.41) is 3.97. The van der Waals surface area contributed by atoms with Crippen LogP contribution in [0.5, 0.6) is 0 Å². The molecule has 0 fully saturated rings. The van der Waals surface area contributed by atoms with E-state index in [-0.39, 0.29) is 5.91 Å². The summed E-state index contributed by atoms with van der Waals surface area (Å²) in [6, 6.07) is 7.66. The number of carbonyl (C=O) groups is 1. The van der Waals surface area contributed by atoms with Gasteiger partial charge in [0.1, 0.15) is 0 Å². The van der Waals surface area contributed by atoms with E-state index < -0.39 is 0 Å². The monoisotopic (exact) mass is 283 g/mol.